The van der Waals surface area contributed by atoms with Gasteiger partial charge in [-0.15, -0.1) is 0 Å². The van der Waals surface area contributed by atoms with Crippen LogP contribution in [-0.2, 0) is 50.1 Å². The van der Waals surface area contributed by atoms with Crippen molar-refractivity contribution in [3.63, 3.8) is 0 Å². The van der Waals surface area contributed by atoms with E-state index in [9.17, 15) is 10.2 Å². The van der Waals surface area contributed by atoms with E-state index in [1.165, 1.54) is 0 Å². The Morgan fingerprint density at radius 3 is 1.51 bits per heavy atom. The van der Waals surface area contributed by atoms with Crippen molar-refractivity contribution in [3.8, 4) is 11.5 Å². The summed E-state index contributed by atoms with van der Waals surface area (Å²) in [5.74, 6) is 0.108. The Kier molecular flexibility index (Phi) is 11.3. The summed E-state index contributed by atoms with van der Waals surface area (Å²) in [6, 6.07) is 48.5. The minimum Gasteiger partial charge on any atom is -0.508 e. The van der Waals surface area contributed by atoms with Crippen molar-refractivity contribution in [1.29, 1.82) is 0 Å². The molecule has 0 saturated carbocycles. The quantitative estimate of drug-likeness (QED) is 0.119. The van der Waals surface area contributed by atoms with Gasteiger partial charge >= 0.3 is 0 Å². The van der Waals surface area contributed by atoms with Gasteiger partial charge in [-0.05, 0) is 51.2 Å². The van der Waals surface area contributed by atoms with Crippen LogP contribution in [0.5, 0.6) is 11.5 Å². The minimum absolute atomic E-state index is 0.0285. The minimum atomic E-state index is -0.818. The average molecular weight is 683 g/mol. The van der Waals surface area contributed by atoms with Crippen LogP contribution in [0.2, 0.25) is 0 Å². The molecule has 1 aliphatic heterocycles. The maximum Gasteiger partial charge on any atom is 0.122 e. The smallest absolute Gasteiger partial charge is 0.122 e. The van der Waals surface area contributed by atoms with Crippen LogP contribution < -0.4 is 0 Å². The fourth-order valence-electron chi connectivity index (χ4n) is 6.64. The normalized spacial score (nSPS) is 20.4. The van der Waals surface area contributed by atoms with Crippen molar-refractivity contribution in [2.24, 2.45) is 0 Å². The fourth-order valence-corrected chi connectivity index (χ4v) is 6.64. The average Bonchev–Trinajstić information content (AvgIpc) is 3.17. The molecule has 1 heterocycles. The third-order valence-electron chi connectivity index (χ3n) is 9.19. The molecule has 6 aromatic rings. The molecule has 0 aromatic heterocycles. The molecule has 0 aliphatic carbocycles. The van der Waals surface area contributed by atoms with E-state index in [1.54, 1.807) is 18.2 Å². The molecule has 0 radical (unpaired) electrons. The number of rotatable bonds is 14. The Morgan fingerprint density at radius 1 is 0.490 bits per heavy atom. The number of ether oxygens (including phenoxy) is 5. The Labute approximate surface area is 298 Å². The predicted octanol–water partition coefficient (Wildman–Crippen LogP) is 8.66. The molecule has 1 saturated heterocycles. The van der Waals surface area contributed by atoms with Crippen LogP contribution in [0.4, 0.5) is 0 Å². The summed E-state index contributed by atoms with van der Waals surface area (Å²) in [4.78, 5) is 0. The molecule has 1 aliphatic rings. The van der Waals surface area contributed by atoms with Crippen molar-refractivity contribution >= 4 is 10.8 Å². The van der Waals surface area contributed by atoms with Gasteiger partial charge in [0, 0.05) is 5.56 Å². The molecule has 0 amide bonds. The van der Waals surface area contributed by atoms with Gasteiger partial charge in [0.25, 0.3) is 0 Å². The molecule has 260 valence electrons. The van der Waals surface area contributed by atoms with Crippen LogP contribution >= 0.6 is 0 Å². The lowest BCUT2D eigenvalue weighted by atomic mass is 9.87. The molecule has 5 atom stereocenters. The third-order valence-corrected chi connectivity index (χ3v) is 9.19. The van der Waals surface area contributed by atoms with Gasteiger partial charge in [-0.1, -0.05) is 133 Å². The summed E-state index contributed by atoms with van der Waals surface area (Å²) < 4.78 is 33.8. The van der Waals surface area contributed by atoms with Crippen LogP contribution in [0, 0.1) is 0 Å². The Balaban J connectivity index is 1.31. The number of phenolic OH excluding ortho intramolecular Hbond substituents is 2. The highest BCUT2D eigenvalue weighted by Gasteiger charge is 2.50. The van der Waals surface area contributed by atoms with Crippen LogP contribution in [0.15, 0.2) is 152 Å². The standard InChI is InChI=1S/C44H42O7/c45-36-23-21-35-22-24-38(46)40(37(35)25-36)42-44(50-29-34-19-11-4-12-20-34)43(49-28-33-17-9-3-10-18-33)41(48-27-32-15-7-2-8-16-32)39(51-42)30-47-26-31-13-5-1-6-14-31/h1-25,39,41-46H,26-30H2. The molecule has 2 N–H and O–H groups in total. The first-order valence-electron chi connectivity index (χ1n) is 17.3. The van der Waals surface area contributed by atoms with E-state index in [0.717, 1.165) is 27.6 Å². The lowest BCUT2D eigenvalue weighted by Gasteiger charge is -2.46. The second kappa shape index (κ2) is 16.8. The maximum atomic E-state index is 11.6. The second-order valence-corrected chi connectivity index (χ2v) is 12.8. The summed E-state index contributed by atoms with van der Waals surface area (Å²) in [6.07, 6.45) is -3.45. The molecule has 0 bridgehead atoms. The predicted molar refractivity (Wildman–Crippen MR) is 196 cm³/mol. The van der Waals surface area contributed by atoms with E-state index >= 15 is 0 Å². The number of hydrogen-bond acceptors (Lipinski definition) is 7. The largest absolute Gasteiger partial charge is 0.508 e. The molecule has 7 nitrogen and oxygen atoms in total. The number of hydrogen-bond donors (Lipinski definition) is 2. The zero-order chi connectivity index (χ0) is 34.8. The summed E-state index contributed by atoms with van der Waals surface area (Å²) in [5, 5.41) is 23.7. The summed E-state index contributed by atoms with van der Waals surface area (Å²) in [7, 11) is 0. The van der Waals surface area contributed by atoms with Gasteiger partial charge in [0.15, 0.2) is 0 Å². The van der Waals surface area contributed by atoms with Crippen LogP contribution in [-0.4, -0.2) is 41.2 Å². The molecule has 5 unspecified atom stereocenters. The fraction of sp³-hybridized carbons (Fsp3) is 0.227. The first-order valence-corrected chi connectivity index (χ1v) is 17.3. The van der Waals surface area contributed by atoms with E-state index in [0.29, 0.717) is 30.8 Å². The van der Waals surface area contributed by atoms with Crippen LogP contribution in [0.1, 0.15) is 33.9 Å². The van der Waals surface area contributed by atoms with E-state index < -0.39 is 30.5 Å². The molecule has 6 aromatic carbocycles. The lowest BCUT2D eigenvalue weighted by Crippen LogP contribution is -2.58. The third kappa shape index (κ3) is 8.66. The second-order valence-electron chi connectivity index (χ2n) is 12.8. The van der Waals surface area contributed by atoms with Gasteiger partial charge in [-0.2, -0.15) is 0 Å². The number of phenols is 2. The highest BCUT2D eigenvalue weighted by atomic mass is 16.6. The summed E-state index contributed by atoms with van der Waals surface area (Å²) in [6.45, 7) is 1.47. The monoisotopic (exact) mass is 682 g/mol. The van der Waals surface area contributed by atoms with Crippen molar-refractivity contribution in [3.05, 3.63) is 179 Å². The molecule has 51 heavy (non-hydrogen) atoms. The first-order chi connectivity index (χ1) is 25.1. The van der Waals surface area contributed by atoms with Crippen molar-refractivity contribution in [1.82, 2.24) is 0 Å². The van der Waals surface area contributed by atoms with Crippen molar-refractivity contribution < 1.29 is 33.9 Å². The number of aromatic hydroxyl groups is 2. The molecule has 1 fully saturated rings. The van der Waals surface area contributed by atoms with Gasteiger partial charge in [-0.3, -0.25) is 0 Å². The molecular formula is C44H42O7. The highest BCUT2D eigenvalue weighted by molar-refractivity contribution is 5.89. The van der Waals surface area contributed by atoms with Gasteiger partial charge in [0.1, 0.15) is 42.0 Å². The van der Waals surface area contributed by atoms with Crippen molar-refractivity contribution in [2.45, 2.75) is 56.9 Å². The van der Waals surface area contributed by atoms with Crippen LogP contribution in [0.3, 0.4) is 0 Å². The lowest BCUT2D eigenvalue weighted by molar-refractivity contribution is -0.275. The Bertz CT molecular complexity index is 1950. The molecular weight excluding hydrogens is 640 g/mol. The molecule has 0 spiro atoms. The van der Waals surface area contributed by atoms with E-state index in [1.807, 2.05) is 133 Å². The summed E-state index contributed by atoms with van der Waals surface area (Å²) in [5.41, 5.74) is 4.53. The van der Waals surface area contributed by atoms with E-state index in [4.69, 9.17) is 23.7 Å². The maximum absolute atomic E-state index is 11.6. The Hall–Kier alpha value is -5.02. The zero-order valence-electron chi connectivity index (χ0n) is 28.3. The van der Waals surface area contributed by atoms with E-state index in [-0.39, 0.29) is 24.7 Å². The van der Waals surface area contributed by atoms with Crippen molar-refractivity contribution in [2.75, 3.05) is 6.61 Å². The van der Waals surface area contributed by atoms with Gasteiger partial charge in [-0.25, -0.2) is 0 Å². The zero-order valence-corrected chi connectivity index (χ0v) is 28.3. The van der Waals surface area contributed by atoms with Gasteiger partial charge < -0.3 is 33.9 Å². The van der Waals surface area contributed by atoms with E-state index in [2.05, 4.69) is 0 Å². The first kappa shape index (κ1) is 34.4. The SMILES string of the molecule is Oc1ccc2ccc(O)c(C3OC(COCc4ccccc4)C(OCc4ccccc4)C(OCc4ccccc4)C3OCc3ccccc3)c2c1. The molecule has 7 rings (SSSR count). The Morgan fingerprint density at radius 2 is 0.961 bits per heavy atom. The molecule has 7 heteroatoms. The number of benzene rings is 6. The highest BCUT2D eigenvalue weighted by Crippen LogP contribution is 2.44. The summed E-state index contributed by atoms with van der Waals surface area (Å²) >= 11 is 0. The topological polar surface area (TPSA) is 86.6 Å². The number of fused-ring (bicyclic) bond motifs is 1. The van der Waals surface area contributed by atoms with Gasteiger partial charge in [0.05, 0.1) is 33.0 Å². The van der Waals surface area contributed by atoms with Gasteiger partial charge in [0.2, 0.25) is 0 Å². The van der Waals surface area contributed by atoms with Crippen LogP contribution in [0.25, 0.3) is 10.8 Å².